The van der Waals surface area contributed by atoms with Gasteiger partial charge in [-0.3, -0.25) is 9.78 Å². The molecule has 0 spiro atoms. The van der Waals surface area contributed by atoms with Crippen molar-refractivity contribution in [2.45, 2.75) is 38.5 Å². The molecule has 0 atom stereocenters. The SMILES string of the molecule is CN(CCc1ccncc1)c1nccc(C(=O)NCCC2=CCCCC2)n1. The maximum absolute atomic E-state index is 12.4. The van der Waals surface area contributed by atoms with E-state index in [1.54, 1.807) is 24.7 Å². The molecule has 27 heavy (non-hydrogen) atoms. The van der Waals surface area contributed by atoms with Crippen molar-refractivity contribution < 1.29 is 4.79 Å². The average Bonchev–Trinajstić information content (AvgIpc) is 2.73. The van der Waals surface area contributed by atoms with E-state index in [2.05, 4.69) is 26.3 Å². The molecule has 3 rings (SSSR count). The Bertz CT molecular complexity index is 775. The lowest BCUT2D eigenvalue weighted by atomic mass is 9.97. The molecule has 2 heterocycles. The maximum Gasteiger partial charge on any atom is 0.270 e. The summed E-state index contributed by atoms with van der Waals surface area (Å²) in [5, 5.41) is 2.97. The van der Waals surface area contributed by atoms with Crippen LogP contribution in [0.3, 0.4) is 0 Å². The van der Waals surface area contributed by atoms with E-state index < -0.39 is 0 Å². The fourth-order valence-electron chi connectivity index (χ4n) is 3.16. The third kappa shape index (κ3) is 5.88. The number of nitrogens with zero attached hydrogens (tertiary/aromatic N) is 4. The first-order valence-electron chi connectivity index (χ1n) is 9.61. The van der Waals surface area contributed by atoms with Gasteiger partial charge in [0, 0.05) is 38.7 Å². The lowest BCUT2D eigenvalue weighted by Gasteiger charge is -2.17. The summed E-state index contributed by atoms with van der Waals surface area (Å²) in [7, 11) is 1.94. The Kier molecular flexibility index (Phi) is 6.90. The summed E-state index contributed by atoms with van der Waals surface area (Å²) >= 11 is 0. The van der Waals surface area contributed by atoms with E-state index >= 15 is 0 Å². The number of anilines is 1. The van der Waals surface area contributed by atoms with Crippen molar-refractivity contribution in [3.8, 4) is 0 Å². The number of hydrogen-bond acceptors (Lipinski definition) is 5. The molecule has 1 N–H and O–H groups in total. The largest absolute Gasteiger partial charge is 0.350 e. The number of rotatable bonds is 8. The fraction of sp³-hybridized carbons (Fsp3) is 0.429. The number of nitrogens with one attached hydrogen (secondary N) is 1. The quantitative estimate of drug-likeness (QED) is 0.728. The predicted octanol–water partition coefficient (Wildman–Crippen LogP) is 3.17. The highest BCUT2D eigenvalue weighted by atomic mass is 16.1. The number of pyridine rings is 1. The van der Waals surface area contributed by atoms with Gasteiger partial charge in [0.2, 0.25) is 5.95 Å². The van der Waals surface area contributed by atoms with Crippen LogP contribution in [0.15, 0.2) is 48.4 Å². The van der Waals surface area contributed by atoms with Crippen LogP contribution in [-0.4, -0.2) is 41.0 Å². The van der Waals surface area contributed by atoms with Crippen molar-refractivity contribution in [1.29, 1.82) is 0 Å². The first-order valence-corrected chi connectivity index (χ1v) is 9.61. The molecule has 6 heteroatoms. The lowest BCUT2D eigenvalue weighted by Crippen LogP contribution is -2.28. The molecule has 1 aliphatic rings. The maximum atomic E-state index is 12.4. The smallest absolute Gasteiger partial charge is 0.270 e. The van der Waals surface area contributed by atoms with E-state index in [4.69, 9.17) is 0 Å². The van der Waals surface area contributed by atoms with Gasteiger partial charge >= 0.3 is 0 Å². The van der Waals surface area contributed by atoms with Gasteiger partial charge in [-0.15, -0.1) is 0 Å². The van der Waals surface area contributed by atoms with Crippen molar-refractivity contribution in [1.82, 2.24) is 20.3 Å². The molecule has 0 aromatic carbocycles. The van der Waals surface area contributed by atoms with Crippen molar-refractivity contribution in [3.63, 3.8) is 0 Å². The van der Waals surface area contributed by atoms with Crippen LogP contribution in [0.5, 0.6) is 0 Å². The van der Waals surface area contributed by atoms with Crippen molar-refractivity contribution in [2.75, 3.05) is 25.0 Å². The average molecular weight is 365 g/mol. The molecule has 142 valence electrons. The van der Waals surface area contributed by atoms with Gasteiger partial charge in [0.25, 0.3) is 5.91 Å². The fourth-order valence-corrected chi connectivity index (χ4v) is 3.16. The van der Waals surface area contributed by atoms with E-state index in [1.165, 1.54) is 30.4 Å². The molecule has 0 aliphatic heterocycles. The monoisotopic (exact) mass is 365 g/mol. The Hall–Kier alpha value is -2.76. The van der Waals surface area contributed by atoms with Gasteiger partial charge in [-0.1, -0.05) is 11.6 Å². The van der Waals surface area contributed by atoms with Gasteiger partial charge in [0.05, 0.1) is 0 Å². The van der Waals surface area contributed by atoms with Crippen LogP contribution >= 0.6 is 0 Å². The first-order chi connectivity index (χ1) is 13.2. The van der Waals surface area contributed by atoms with Crippen LogP contribution in [0.1, 0.15) is 48.2 Å². The highest BCUT2D eigenvalue weighted by molar-refractivity contribution is 5.92. The zero-order valence-electron chi connectivity index (χ0n) is 15.9. The molecular formula is C21H27N5O. The summed E-state index contributed by atoms with van der Waals surface area (Å²) < 4.78 is 0. The van der Waals surface area contributed by atoms with Gasteiger partial charge in [0.15, 0.2) is 0 Å². The van der Waals surface area contributed by atoms with Gasteiger partial charge in [-0.2, -0.15) is 0 Å². The third-order valence-corrected chi connectivity index (χ3v) is 4.82. The number of amides is 1. The summed E-state index contributed by atoms with van der Waals surface area (Å²) in [5.41, 5.74) is 3.08. The standard InChI is InChI=1S/C21H27N5O/c1-26(16-11-18-7-12-22-13-8-18)21-24-15-10-19(25-21)20(27)23-14-9-17-5-3-2-4-6-17/h5,7-8,10,12-13,15H,2-4,6,9,11,14,16H2,1H3,(H,23,27). The minimum atomic E-state index is -0.141. The highest BCUT2D eigenvalue weighted by Gasteiger charge is 2.11. The molecule has 0 bridgehead atoms. The van der Waals surface area contributed by atoms with Gasteiger partial charge < -0.3 is 10.2 Å². The molecule has 0 saturated heterocycles. The van der Waals surface area contributed by atoms with Gasteiger partial charge in [-0.25, -0.2) is 9.97 Å². The second-order valence-electron chi connectivity index (χ2n) is 6.88. The molecule has 2 aromatic heterocycles. The Morgan fingerprint density at radius 1 is 1.15 bits per heavy atom. The lowest BCUT2D eigenvalue weighted by molar-refractivity contribution is 0.0949. The second kappa shape index (κ2) is 9.80. The minimum absolute atomic E-state index is 0.141. The van der Waals surface area contributed by atoms with Crippen LogP contribution in [0, 0.1) is 0 Å². The molecule has 2 aromatic rings. The Balaban J connectivity index is 1.51. The van der Waals surface area contributed by atoms with Crippen LogP contribution in [-0.2, 0) is 6.42 Å². The highest BCUT2D eigenvalue weighted by Crippen LogP contribution is 2.19. The topological polar surface area (TPSA) is 71.0 Å². The number of carbonyl (C=O) groups excluding carboxylic acids is 1. The molecule has 0 saturated carbocycles. The zero-order valence-corrected chi connectivity index (χ0v) is 15.9. The summed E-state index contributed by atoms with van der Waals surface area (Å²) in [4.78, 5) is 27.1. The van der Waals surface area contributed by atoms with E-state index in [1.807, 2.05) is 24.1 Å². The van der Waals surface area contributed by atoms with E-state index in [0.717, 1.165) is 25.8 Å². The Morgan fingerprint density at radius 2 is 2.00 bits per heavy atom. The molecule has 0 radical (unpaired) electrons. The van der Waals surface area contributed by atoms with Crippen molar-refractivity contribution >= 4 is 11.9 Å². The third-order valence-electron chi connectivity index (χ3n) is 4.82. The van der Waals surface area contributed by atoms with E-state index in [9.17, 15) is 4.79 Å². The number of aromatic nitrogens is 3. The zero-order chi connectivity index (χ0) is 18.9. The minimum Gasteiger partial charge on any atom is -0.350 e. The molecule has 1 amide bonds. The molecule has 6 nitrogen and oxygen atoms in total. The van der Waals surface area contributed by atoms with E-state index in [-0.39, 0.29) is 5.91 Å². The number of carbonyl (C=O) groups is 1. The van der Waals surface area contributed by atoms with Gasteiger partial charge in [-0.05, 0) is 62.3 Å². The van der Waals surface area contributed by atoms with Crippen molar-refractivity contribution in [2.24, 2.45) is 0 Å². The summed E-state index contributed by atoms with van der Waals surface area (Å²) in [5.74, 6) is 0.421. The van der Waals surface area contributed by atoms with E-state index in [0.29, 0.717) is 18.2 Å². The Labute approximate surface area is 160 Å². The second-order valence-corrected chi connectivity index (χ2v) is 6.88. The van der Waals surface area contributed by atoms with Crippen LogP contribution < -0.4 is 10.2 Å². The molecule has 0 unspecified atom stereocenters. The van der Waals surface area contributed by atoms with Crippen LogP contribution in [0.4, 0.5) is 5.95 Å². The van der Waals surface area contributed by atoms with Crippen LogP contribution in [0.25, 0.3) is 0 Å². The van der Waals surface area contributed by atoms with Crippen LogP contribution in [0.2, 0.25) is 0 Å². The normalized spacial score (nSPS) is 13.7. The molecular weight excluding hydrogens is 338 g/mol. The Morgan fingerprint density at radius 3 is 2.78 bits per heavy atom. The van der Waals surface area contributed by atoms with Gasteiger partial charge in [0.1, 0.15) is 5.69 Å². The molecule has 0 fully saturated rings. The molecule has 1 aliphatic carbocycles. The first kappa shape index (κ1) is 19.0. The summed E-state index contributed by atoms with van der Waals surface area (Å²) in [6.07, 6.45) is 14.2. The van der Waals surface area contributed by atoms with Crippen molar-refractivity contribution in [3.05, 3.63) is 59.7 Å². The number of likely N-dealkylation sites (N-methyl/N-ethyl adjacent to an activating group) is 1. The summed E-state index contributed by atoms with van der Waals surface area (Å²) in [6.45, 7) is 1.42. The number of hydrogen-bond donors (Lipinski definition) is 1. The number of allylic oxidation sites excluding steroid dienone is 1. The predicted molar refractivity (Wildman–Crippen MR) is 107 cm³/mol. The summed E-state index contributed by atoms with van der Waals surface area (Å²) in [6, 6.07) is 5.66.